The molecule has 0 unspecified atom stereocenters. The van der Waals surface area contributed by atoms with Crippen LogP contribution >= 0.6 is 0 Å². The molecule has 4 aromatic heterocycles. The number of halogens is 2. The molecule has 0 aliphatic heterocycles. The van der Waals surface area contributed by atoms with Gasteiger partial charge in [-0.05, 0) is 37.1 Å². The predicted octanol–water partition coefficient (Wildman–Crippen LogP) is 4.60. The summed E-state index contributed by atoms with van der Waals surface area (Å²) in [7, 11) is 0. The number of aromatic nitrogens is 6. The highest BCUT2D eigenvalue weighted by Crippen LogP contribution is 2.39. The fourth-order valence-corrected chi connectivity index (χ4v) is 3.54. The van der Waals surface area contributed by atoms with Crippen LogP contribution in [0.3, 0.4) is 0 Å². The van der Waals surface area contributed by atoms with E-state index in [2.05, 4.69) is 25.3 Å². The molecule has 6 rings (SSSR count). The number of fused-ring (bicyclic) bond motifs is 1. The first kappa shape index (κ1) is 17.0. The Morgan fingerprint density at radius 3 is 2.80 bits per heavy atom. The largest absolute Gasteiger partial charge is 0.339 e. The number of aromatic amines is 1. The second-order valence-corrected chi connectivity index (χ2v) is 7.30. The SMILES string of the molecule is Fc1ccc(-c2[nH]ncc2-c2ccc3ncc(-c4noc(C5CC5)n4)n3c2)c(F)c1. The molecule has 5 aromatic rings. The molecule has 0 saturated heterocycles. The molecule has 1 N–H and O–H groups in total. The van der Waals surface area contributed by atoms with Crippen LogP contribution in [0.15, 0.2) is 53.4 Å². The average molecular weight is 404 g/mol. The maximum atomic E-state index is 14.3. The van der Waals surface area contributed by atoms with Crippen LogP contribution in [-0.2, 0) is 0 Å². The van der Waals surface area contributed by atoms with Gasteiger partial charge in [-0.15, -0.1) is 0 Å². The Morgan fingerprint density at radius 2 is 1.97 bits per heavy atom. The summed E-state index contributed by atoms with van der Waals surface area (Å²) in [5.74, 6) is 0.190. The zero-order valence-corrected chi connectivity index (χ0v) is 15.5. The fourth-order valence-electron chi connectivity index (χ4n) is 3.54. The molecule has 1 fully saturated rings. The number of pyridine rings is 1. The fraction of sp³-hybridized carbons (Fsp3) is 0.143. The van der Waals surface area contributed by atoms with E-state index in [0.717, 1.165) is 24.5 Å². The van der Waals surface area contributed by atoms with Crippen molar-refractivity contribution >= 4 is 5.65 Å². The van der Waals surface area contributed by atoms with Gasteiger partial charge in [0.2, 0.25) is 11.7 Å². The van der Waals surface area contributed by atoms with E-state index in [9.17, 15) is 8.78 Å². The average Bonchev–Trinajstić information content (AvgIpc) is 3.15. The van der Waals surface area contributed by atoms with Crippen molar-refractivity contribution in [2.75, 3.05) is 0 Å². The molecule has 7 nitrogen and oxygen atoms in total. The van der Waals surface area contributed by atoms with Gasteiger partial charge in [-0.25, -0.2) is 13.8 Å². The van der Waals surface area contributed by atoms with Gasteiger partial charge in [0.05, 0.1) is 18.1 Å². The summed E-state index contributed by atoms with van der Waals surface area (Å²) in [6.07, 6.45) is 7.30. The van der Waals surface area contributed by atoms with E-state index in [4.69, 9.17) is 4.52 Å². The summed E-state index contributed by atoms with van der Waals surface area (Å²) in [4.78, 5) is 8.91. The first-order valence-electron chi connectivity index (χ1n) is 9.47. The Morgan fingerprint density at radius 1 is 1.07 bits per heavy atom. The Labute approximate surface area is 168 Å². The Bertz CT molecular complexity index is 1400. The van der Waals surface area contributed by atoms with Crippen LogP contribution < -0.4 is 0 Å². The van der Waals surface area contributed by atoms with Gasteiger partial charge in [-0.3, -0.25) is 9.50 Å². The van der Waals surface area contributed by atoms with Crippen LogP contribution in [-0.4, -0.2) is 29.7 Å². The van der Waals surface area contributed by atoms with Gasteiger partial charge in [0, 0.05) is 34.9 Å². The van der Waals surface area contributed by atoms with E-state index in [1.807, 2.05) is 22.7 Å². The summed E-state index contributed by atoms with van der Waals surface area (Å²) in [5.41, 5.74) is 3.56. The van der Waals surface area contributed by atoms with Crippen LogP contribution in [0, 0.1) is 11.6 Å². The second kappa shape index (κ2) is 6.31. The normalized spacial score (nSPS) is 13.9. The van der Waals surface area contributed by atoms with Crippen molar-refractivity contribution in [3.8, 4) is 33.9 Å². The molecule has 148 valence electrons. The van der Waals surface area contributed by atoms with Crippen LogP contribution in [0.5, 0.6) is 0 Å². The zero-order chi connectivity index (χ0) is 20.2. The minimum Gasteiger partial charge on any atom is -0.339 e. The number of hydrogen-bond acceptors (Lipinski definition) is 5. The Hall–Kier alpha value is -3.88. The number of benzene rings is 1. The quantitative estimate of drug-likeness (QED) is 0.473. The number of hydrogen-bond donors (Lipinski definition) is 1. The lowest BCUT2D eigenvalue weighted by Gasteiger charge is -2.07. The van der Waals surface area contributed by atoms with Gasteiger partial charge in [-0.1, -0.05) is 5.16 Å². The van der Waals surface area contributed by atoms with Gasteiger partial charge >= 0.3 is 0 Å². The van der Waals surface area contributed by atoms with Crippen LogP contribution in [0.4, 0.5) is 8.78 Å². The maximum absolute atomic E-state index is 14.3. The lowest BCUT2D eigenvalue weighted by Crippen LogP contribution is -1.93. The number of imidazole rings is 1. The van der Waals surface area contributed by atoms with Gasteiger partial charge in [0.1, 0.15) is 23.0 Å². The van der Waals surface area contributed by atoms with E-state index in [-0.39, 0.29) is 5.56 Å². The molecule has 0 radical (unpaired) electrons. The van der Waals surface area contributed by atoms with Crippen molar-refractivity contribution < 1.29 is 13.3 Å². The highest BCUT2D eigenvalue weighted by Gasteiger charge is 2.30. The standard InChI is InChI=1S/C21H14F2N6O/c22-13-4-5-14(16(23)7-13)19-15(8-25-27-19)12-3-6-18-24-9-17(29(18)10-12)20-26-21(30-28-20)11-1-2-11/h3-11H,1-2H2,(H,25,27). The third-order valence-corrected chi connectivity index (χ3v) is 5.25. The minimum absolute atomic E-state index is 0.238. The van der Waals surface area contributed by atoms with E-state index >= 15 is 0 Å². The summed E-state index contributed by atoms with van der Waals surface area (Å²) in [5, 5.41) is 11.0. The minimum atomic E-state index is -0.663. The summed E-state index contributed by atoms with van der Waals surface area (Å²) >= 11 is 0. The van der Waals surface area contributed by atoms with E-state index < -0.39 is 11.6 Å². The van der Waals surface area contributed by atoms with Crippen LogP contribution in [0.1, 0.15) is 24.7 Å². The van der Waals surface area contributed by atoms with E-state index in [0.29, 0.717) is 40.2 Å². The monoisotopic (exact) mass is 404 g/mol. The Balaban J connectivity index is 1.46. The van der Waals surface area contributed by atoms with Gasteiger partial charge in [-0.2, -0.15) is 10.1 Å². The third kappa shape index (κ3) is 2.70. The number of nitrogens with zero attached hydrogens (tertiary/aromatic N) is 5. The van der Waals surface area contributed by atoms with Crippen LogP contribution in [0.2, 0.25) is 0 Å². The van der Waals surface area contributed by atoms with Crippen molar-refractivity contribution in [1.82, 2.24) is 29.7 Å². The summed E-state index contributed by atoms with van der Waals surface area (Å²) in [6, 6.07) is 7.17. The molecular weight excluding hydrogens is 390 g/mol. The van der Waals surface area contributed by atoms with Gasteiger partial charge < -0.3 is 4.52 Å². The van der Waals surface area contributed by atoms with Crippen molar-refractivity contribution in [2.24, 2.45) is 0 Å². The van der Waals surface area contributed by atoms with E-state index in [1.54, 1.807) is 12.4 Å². The predicted molar refractivity (Wildman–Crippen MR) is 103 cm³/mol. The van der Waals surface area contributed by atoms with Crippen LogP contribution in [0.25, 0.3) is 39.5 Å². The molecule has 30 heavy (non-hydrogen) atoms. The topological polar surface area (TPSA) is 84.9 Å². The number of nitrogens with one attached hydrogen (secondary N) is 1. The van der Waals surface area contributed by atoms with Gasteiger partial charge in [0.25, 0.3) is 0 Å². The molecule has 0 bridgehead atoms. The smallest absolute Gasteiger partial charge is 0.230 e. The van der Waals surface area contributed by atoms with Crippen molar-refractivity contribution in [2.45, 2.75) is 18.8 Å². The van der Waals surface area contributed by atoms with Crippen molar-refractivity contribution in [3.63, 3.8) is 0 Å². The Kier molecular flexibility index (Phi) is 3.58. The molecule has 1 saturated carbocycles. The summed E-state index contributed by atoms with van der Waals surface area (Å²) < 4.78 is 34.9. The molecule has 9 heteroatoms. The first-order chi connectivity index (χ1) is 14.7. The molecule has 0 spiro atoms. The molecule has 0 atom stereocenters. The maximum Gasteiger partial charge on any atom is 0.230 e. The first-order valence-corrected chi connectivity index (χ1v) is 9.47. The molecule has 1 aromatic carbocycles. The molecule has 1 aliphatic carbocycles. The highest BCUT2D eigenvalue weighted by molar-refractivity contribution is 5.81. The third-order valence-electron chi connectivity index (χ3n) is 5.25. The second-order valence-electron chi connectivity index (χ2n) is 7.30. The van der Waals surface area contributed by atoms with Crippen molar-refractivity contribution in [3.05, 3.63) is 66.4 Å². The lowest BCUT2D eigenvalue weighted by atomic mass is 10.0. The van der Waals surface area contributed by atoms with Crippen molar-refractivity contribution in [1.29, 1.82) is 0 Å². The van der Waals surface area contributed by atoms with E-state index in [1.165, 1.54) is 12.1 Å². The molecular formula is C21H14F2N6O. The summed E-state index contributed by atoms with van der Waals surface area (Å²) in [6.45, 7) is 0. The van der Waals surface area contributed by atoms with Gasteiger partial charge in [0.15, 0.2) is 0 Å². The zero-order valence-electron chi connectivity index (χ0n) is 15.5. The molecule has 0 amide bonds. The molecule has 1 aliphatic rings. The molecule has 4 heterocycles. The number of H-pyrrole nitrogens is 1. The number of rotatable bonds is 4. The lowest BCUT2D eigenvalue weighted by molar-refractivity contribution is 0.380. The highest BCUT2D eigenvalue weighted by atomic mass is 19.1.